The van der Waals surface area contributed by atoms with Crippen molar-refractivity contribution < 1.29 is 32.0 Å². The van der Waals surface area contributed by atoms with Crippen LogP contribution in [0.5, 0.6) is 11.5 Å². The molecule has 0 unspecified atom stereocenters. The van der Waals surface area contributed by atoms with Crippen LogP contribution < -0.4 is 10.1 Å². The van der Waals surface area contributed by atoms with Crippen molar-refractivity contribution in [3.8, 4) is 17.6 Å². The van der Waals surface area contributed by atoms with Crippen LogP contribution in [0, 0.1) is 27.3 Å². The Morgan fingerprint density at radius 1 is 1.26 bits per heavy atom. The number of ether oxygens (including phenoxy) is 1. The molecule has 7 nitrogen and oxygen atoms in total. The Morgan fingerprint density at radius 3 is 2.48 bits per heavy atom. The summed E-state index contributed by atoms with van der Waals surface area (Å²) in [6.45, 7) is 0. The molecule has 0 saturated heterocycles. The molecule has 0 radical (unpaired) electrons. The zero-order valence-corrected chi connectivity index (χ0v) is 13.6. The van der Waals surface area contributed by atoms with E-state index in [4.69, 9.17) is 21.6 Å². The summed E-state index contributed by atoms with van der Waals surface area (Å²) >= 11 is 5.76. The average molecular weight is 404 g/mol. The first kappa shape index (κ1) is 19.9. The van der Waals surface area contributed by atoms with Gasteiger partial charge in [-0.15, -0.1) is 0 Å². The van der Waals surface area contributed by atoms with Gasteiger partial charge in [0.05, 0.1) is 15.6 Å². The molecule has 2 aromatic rings. The Morgan fingerprint density at radius 2 is 1.93 bits per heavy atom. The van der Waals surface area contributed by atoms with Gasteiger partial charge in [0.2, 0.25) is 0 Å². The molecule has 140 valence electrons. The molecule has 2 rings (SSSR count). The van der Waals surface area contributed by atoms with Gasteiger partial charge in [0, 0.05) is 18.2 Å². The van der Waals surface area contributed by atoms with Gasteiger partial charge in [-0.1, -0.05) is 11.6 Å². The van der Waals surface area contributed by atoms with Gasteiger partial charge in [-0.3, -0.25) is 14.9 Å². The van der Waals surface area contributed by atoms with E-state index in [0.717, 1.165) is 18.2 Å². The number of hydrogen-bond acceptors (Lipinski definition) is 5. The Bertz CT molecular complexity index is 973. The van der Waals surface area contributed by atoms with Crippen molar-refractivity contribution in [1.82, 2.24) is 0 Å². The van der Waals surface area contributed by atoms with E-state index >= 15 is 0 Å². The molecule has 2 aromatic carbocycles. The maximum atomic E-state index is 13.8. The van der Waals surface area contributed by atoms with Crippen molar-refractivity contribution in [2.45, 2.75) is 6.18 Å². The molecule has 27 heavy (non-hydrogen) atoms. The molecule has 0 spiro atoms. The van der Waals surface area contributed by atoms with E-state index < -0.39 is 34.2 Å². The van der Waals surface area contributed by atoms with E-state index in [1.807, 2.05) is 0 Å². The van der Waals surface area contributed by atoms with Crippen LogP contribution in [0.15, 0.2) is 30.3 Å². The number of amides is 1. The molecular weight excluding hydrogens is 398 g/mol. The molecule has 0 aliphatic heterocycles. The van der Waals surface area contributed by atoms with Crippen LogP contribution in [-0.2, 0) is 4.79 Å². The molecular formula is C15H6ClF4N3O4. The number of nitrogens with one attached hydrogen (secondary N) is 1. The fraction of sp³-hybridized carbons (Fsp3) is 0.0667. The second-order valence-electron chi connectivity index (χ2n) is 4.87. The number of benzene rings is 2. The third-order valence-electron chi connectivity index (χ3n) is 3.04. The first-order chi connectivity index (χ1) is 12.5. The minimum atomic E-state index is -5.25. The first-order valence-electron chi connectivity index (χ1n) is 6.76. The van der Waals surface area contributed by atoms with Gasteiger partial charge < -0.3 is 10.1 Å². The largest absolute Gasteiger partial charge is 0.471 e. The highest BCUT2D eigenvalue weighted by Crippen LogP contribution is 2.36. The predicted molar refractivity (Wildman–Crippen MR) is 84.0 cm³/mol. The van der Waals surface area contributed by atoms with Crippen LogP contribution in [0.1, 0.15) is 5.56 Å². The fourth-order valence-electron chi connectivity index (χ4n) is 1.82. The minimum Gasteiger partial charge on any atom is -0.454 e. The lowest BCUT2D eigenvalue weighted by Gasteiger charge is -2.13. The molecule has 0 atom stereocenters. The molecule has 1 amide bonds. The van der Waals surface area contributed by atoms with E-state index in [9.17, 15) is 32.5 Å². The van der Waals surface area contributed by atoms with Crippen LogP contribution >= 0.6 is 11.6 Å². The number of nitrogens with zero attached hydrogens (tertiary/aromatic N) is 2. The maximum absolute atomic E-state index is 13.8. The summed E-state index contributed by atoms with van der Waals surface area (Å²) < 4.78 is 55.9. The molecule has 0 saturated carbocycles. The second-order valence-corrected chi connectivity index (χ2v) is 5.27. The maximum Gasteiger partial charge on any atom is 0.471 e. The van der Waals surface area contributed by atoms with Crippen molar-refractivity contribution in [2.75, 3.05) is 5.32 Å². The number of alkyl halides is 3. The smallest absolute Gasteiger partial charge is 0.454 e. The van der Waals surface area contributed by atoms with Crippen molar-refractivity contribution in [3.05, 3.63) is 56.8 Å². The molecule has 12 heteroatoms. The summed E-state index contributed by atoms with van der Waals surface area (Å²) in [5.74, 6) is -4.28. The number of hydrogen-bond donors (Lipinski definition) is 1. The van der Waals surface area contributed by atoms with Gasteiger partial charge in [-0.05, 0) is 12.1 Å². The van der Waals surface area contributed by atoms with Crippen molar-refractivity contribution in [3.63, 3.8) is 0 Å². The Labute approximate surface area is 152 Å². The highest BCUT2D eigenvalue weighted by Gasteiger charge is 2.39. The number of nitro benzene ring substituents is 1. The molecule has 0 aliphatic rings. The number of anilines is 1. The van der Waals surface area contributed by atoms with Crippen LogP contribution in [-0.4, -0.2) is 17.0 Å². The molecule has 0 bridgehead atoms. The van der Waals surface area contributed by atoms with E-state index in [1.54, 1.807) is 6.07 Å². The van der Waals surface area contributed by atoms with E-state index in [0.29, 0.717) is 12.1 Å². The molecule has 0 aromatic heterocycles. The van der Waals surface area contributed by atoms with E-state index in [1.165, 1.54) is 5.32 Å². The Hall–Kier alpha value is -3.39. The summed E-state index contributed by atoms with van der Waals surface area (Å²) in [5.41, 5.74) is -1.54. The molecule has 0 heterocycles. The monoisotopic (exact) mass is 403 g/mol. The van der Waals surface area contributed by atoms with Gasteiger partial charge >= 0.3 is 12.1 Å². The number of nitriles is 1. The number of carbonyl (C=O) groups excluding carboxylic acids is 1. The van der Waals surface area contributed by atoms with Crippen LogP contribution in [0.3, 0.4) is 0 Å². The third-order valence-corrected chi connectivity index (χ3v) is 3.34. The first-order valence-corrected chi connectivity index (χ1v) is 7.14. The van der Waals surface area contributed by atoms with Crippen LogP contribution in [0.4, 0.5) is 28.9 Å². The average Bonchev–Trinajstić information content (AvgIpc) is 2.58. The summed E-state index contributed by atoms with van der Waals surface area (Å²) in [6.07, 6.45) is -5.25. The Kier molecular flexibility index (Phi) is 5.51. The normalized spacial score (nSPS) is 10.8. The van der Waals surface area contributed by atoms with Crippen LogP contribution in [0.2, 0.25) is 5.02 Å². The lowest BCUT2D eigenvalue weighted by atomic mass is 10.2. The lowest BCUT2D eigenvalue weighted by molar-refractivity contribution is -0.384. The fourth-order valence-corrected chi connectivity index (χ4v) is 2.01. The van der Waals surface area contributed by atoms with Crippen molar-refractivity contribution in [1.29, 1.82) is 5.26 Å². The SMILES string of the molecule is N#Cc1cc([N+](=O)[O-])ccc1Oc1cc(NC(=O)C(F)(F)F)c(F)cc1Cl. The van der Waals surface area contributed by atoms with Gasteiger partial charge in [-0.25, -0.2) is 4.39 Å². The number of halogens is 5. The number of nitro groups is 1. The summed E-state index contributed by atoms with van der Waals surface area (Å²) in [4.78, 5) is 20.9. The summed E-state index contributed by atoms with van der Waals surface area (Å²) in [7, 11) is 0. The molecule has 1 N–H and O–H groups in total. The van der Waals surface area contributed by atoms with Crippen LogP contribution in [0.25, 0.3) is 0 Å². The van der Waals surface area contributed by atoms with Gasteiger partial charge in [0.1, 0.15) is 28.9 Å². The Balaban J connectivity index is 2.40. The lowest BCUT2D eigenvalue weighted by Crippen LogP contribution is -2.30. The standard InChI is InChI=1S/C15H6ClF4N3O4/c16-9-4-10(17)11(22-14(24)15(18,19)20)5-13(9)27-12-2-1-8(23(25)26)3-7(12)6-21/h1-5H,(H,22,24). The minimum absolute atomic E-state index is 0.218. The molecule has 0 fully saturated rings. The van der Waals surface area contributed by atoms with E-state index in [-0.39, 0.29) is 22.1 Å². The van der Waals surface area contributed by atoms with Gasteiger partial charge in [0.25, 0.3) is 5.69 Å². The summed E-state index contributed by atoms with van der Waals surface area (Å²) in [6, 6.07) is 5.90. The molecule has 0 aliphatic carbocycles. The zero-order valence-electron chi connectivity index (χ0n) is 12.8. The highest BCUT2D eigenvalue weighted by atomic mass is 35.5. The van der Waals surface area contributed by atoms with Gasteiger partial charge in [-0.2, -0.15) is 18.4 Å². The zero-order chi connectivity index (χ0) is 20.4. The summed E-state index contributed by atoms with van der Waals surface area (Å²) in [5, 5.41) is 20.7. The number of carbonyl (C=O) groups is 1. The van der Waals surface area contributed by atoms with Crippen molar-refractivity contribution in [2.24, 2.45) is 0 Å². The predicted octanol–water partition coefficient (Wildman–Crippen LogP) is 4.55. The van der Waals surface area contributed by atoms with E-state index in [2.05, 4.69) is 0 Å². The quantitative estimate of drug-likeness (QED) is 0.458. The third kappa shape index (κ3) is 4.62. The topological polar surface area (TPSA) is 105 Å². The van der Waals surface area contributed by atoms with Crippen molar-refractivity contribution >= 4 is 28.9 Å². The number of non-ortho nitro benzene ring substituents is 1. The highest BCUT2D eigenvalue weighted by molar-refractivity contribution is 6.32. The van der Waals surface area contributed by atoms with Gasteiger partial charge in [0.15, 0.2) is 0 Å². The number of rotatable bonds is 4. The second kappa shape index (κ2) is 7.46.